The van der Waals surface area contributed by atoms with Crippen molar-refractivity contribution in [2.24, 2.45) is 28.6 Å². The number of fused-ring (bicyclic) bond motifs is 1. The molecule has 0 aliphatic heterocycles. The van der Waals surface area contributed by atoms with E-state index in [9.17, 15) is 0 Å². The zero-order valence-corrected chi connectivity index (χ0v) is 20.6. The molecule has 0 bridgehead atoms. The number of ether oxygens (including phenoxy) is 3. The third-order valence-corrected chi connectivity index (χ3v) is 7.75. The van der Waals surface area contributed by atoms with Crippen molar-refractivity contribution in [3.8, 4) is 17.2 Å². The quantitative estimate of drug-likeness (QED) is 0.460. The van der Waals surface area contributed by atoms with Gasteiger partial charge in [-0.05, 0) is 76.0 Å². The predicted octanol–water partition coefficient (Wildman–Crippen LogP) is 7.52. The molecule has 30 heavy (non-hydrogen) atoms. The van der Waals surface area contributed by atoms with Gasteiger partial charge in [0.2, 0.25) is 0 Å². The second kappa shape index (κ2) is 9.01. The first-order valence-corrected chi connectivity index (χ1v) is 12.1. The van der Waals surface area contributed by atoms with Crippen molar-refractivity contribution < 1.29 is 14.2 Å². The van der Waals surface area contributed by atoms with Crippen LogP contribution in [-0.4, -0.2) is 18.8 Å². The maximum atomic E-state index is 6.48. The lowest BCUT2D eigenvalue weighted by Crippen LogP contribution is -2.52. The Kier molecular flexibility index (Phi) is 6.99. The van der Waals surface area contributed by atoms with Crippen LogP contribution in [0.5, 0.6) is 17.2 Å². The van der Waals surface area contributed by atoms with E-state index in [0.717, 1.165) is 29.8 Å². The topological polar surface area (TPSA) is 27.7 Å². The van der Waals surface area contributed by atoms with E-state index in [2.05, 4.69) is 27.7 Å². The largest absolute Gasteiger partial charge is 0.493 e. The molecule has 1 aromatic carbocycles. The molecular weight excluding hydrogens is 372 g/mol. The molecule has 4 atom stereocenters. The van der Waals surface area contributed by atoms with E-state index >= 15 is 0 Å². The highest BCUT2D eigenvalue weighted by molar-refractivity contribution is 5.42. The second-order valence-corrected chi connectivity index (χ2v) is 11.3. The van der Waals surface area contributed by atoms with E-state index in [0.29, 0.717) is 22.7 Å². The molecule has 0 saturated heterocycles. The van der Waals surface area contributed by atoms with Gasteiger partial charge in [-0.3, -0.25) is 0 Å². The highest BCUT2D eigenvalue weighted by atomic mass is 16.5. The Hall–Kier alpha value is -1.38. The van der Waals surface area contributed by atoms with Gasteiger partial charge < -0.3 is 14.2 Å². The third-order valence-electron chi connectivity index (χ3n) is 7.75. The van der Waals surface area contributed by atoms with Crippen LogP contribution in [-0.2, 0) is 0 Å². The van der Waals surface area contributed by atoms with Crippen LogP contribution < -0.4 is 14.2 Å². The Morgan fingerprint density at radius 1 is 0.867 bits per heavy atom. The third kappa shape index (κ3) is 5.08. The Morgan fingerprint density at radius 3 is 2.00 bits per heavy atom. The molecule has 2 saturated carbocycles. The molecule has 0 heterocycles. The molecule has 3 heteroatoms. The van der Waals surface area contributed by atoms with E-state index in [1.165, 1.54) is 32.1 Å². The second-order valence-electron chi connectivity index (χ2n) is 11.3. The molecule has 2 aliphatic carbocycles. The summed E-state index contributed by atoms with van der Waals surface area (Å²) in [4.78, 5) is 0. The Labute approximate surface area is 184 Å². The van der Waals surface area contributed by atoms with Gasteiger partial charge in [-0.1, -0.05) is 34.1 Å². The molecule has 0 N–H and O–H groups in total. The van der Waals surface area contributed by atoms with Gasteiger partial charge in [0.1, 0.15) is 17.2 Å². The molecule has 170 valence electrons. The van der Waals surface area contributed by atoms with E-state index < -0.39 is 0 Å². The van der Waals surface area contributed by atoms with Crippen molar-refractivity contribution in [3.63, 3.8) is 0 Å². The molecule has 4 unspecified atom stereocenters. The van der Waals surface area contributed by atoms with Gasteiger partial charge in [0, 0.05) is 24.1 Å². The van der Waals surface area contributed by atoms with Crippen molar-refractivity contribution in [2.75, 3.05) is 6.61 Å². The fraction of sp³-hybridized carbons (Fsp3) is 0.778. The van der Waals surface area contributed by atoms with Crippen molar-refractivity contribution >= 4 is 0 Å². The van der Waals surface area contributed by atoms with E-state index in [-0.39, 0.29) is 12.2 Å². The molecule has 1 aromatic rings. The van der Waals surface area contributed by atoms with E-state index in [4.69, 9.17) is 14.2 Å². The summed E-state index contributed by atoms with van der Waals surface area (Å²) in [6, 6.07) is 6.01. The lowest BCUT2D eigenvalue weighted by Gasteiger charge is -2.59. The molecule has 0 amide bonds. The minimum Gasteiger partial charge on any atom is -0.493 e. The van der Waals surface area contributed by atoms with Crippen molar-refractivity contribution in [2.45, 2.75) is 99.7 Å². The van der Waals surface area contributed by atoms with Crippen LogP contribution in [0.1, 0.15) is 87.5 Å². The minimum atomic E-state index is 0.120. The predicted molar refractivity (Wildman–Crippen MR) is 125 cm³/mol. The molecule has 0 aromatic heterocycles. The van der Waals surface area contributed by atoms with E-state index in [1.54, 1.807) is 0 Å². The highest BCUT2D eigenvalue weighted by Gasteiger charge is 2.53. The number of hydrogen-bond acceptors (Lipinski definition) is 3. The van der Waals surface area contributed by atoms with Crippen LogP contribution in [0.25, 0.3) is 0 Å². The van der Waals surface area contributed by atoms with Crippen molar-refractivity contribution in [1.82, 2.24) is 0 Å². The first-order valence-electron chi connectivity index (χ1n) is 12.1. The monoisotopic (exact) mass is 416 g/mol. The minimum absolute atomic E-state index is 0.120. The van der Waals surface area contributed by atoms with Gasteiger partial charge in [0.05, 0.1) is 18.8 Å². The zero-order chi connectivity index (χ0) is 22.1. The molecule has 2 aliphatic rings. The molecule has 2 fully saturated rings. The maximum Gasteiger partial charge on any atom is 0.127 e. The summed E-state index contributed by atoms with van der Waals surface area (Å²) in [5.74, 6) is 4.56. The standard InChI is InChI=1S/C27H44O3/c1-18(2)29-22-14-21(15-23(16-22)30-19(3)4)28-17-24-20(5)10-11-25-26(6,7)12-9-13-27(24,25)8/h14-16,18-20,24-25H,9-13,17H2,1-8H3. The Balaban J connectivity index is 1.80. The molecule has 3 rings (SSSR count). The van der Waals surface area contributed by atoms with Gasteiger partial charge in [0.15, 0.2) is 0 Å². The van der Waals surface area contributed by atoms with Gasteiger partial charge in [0.25, 0.3) is 0 Å². The maximum absolute atomic E-state index is 6.48. The van der Waals surface area contributed by atoms with Crippen molar-refractivity contribution in [3.05, 3.63) is 18.2 Å². The Morgan fingerprint density at radius 2 is 1.43 bits per heavy atom. The first kappa shape index (κ1) is 23.3. The van der Waals surface area contributed by atoms with Gasteiger partial charge in [-0.2, -0.15) is 0 Å². The molecule has 0 radical (unpaired) electrons. The van der Waals surface area contributed by atoms with Gasteiger partial charge in [-0.15, -0.1) is 0 Å². The average molecular weight is 417 g/mol. The summed E-state index contributed by atoms with van der Waals surface area (Å²) in [6.07, 6.45) is 6.95. The van der Waals surface area contributed by atoms with Gasteiger partial charge >= 0.3 is 0 Å². The number of rotatable bonds is 7. The first-order chi connectivity index (χ1) is 14.0. The van der Waals surface area contributed by atoms with Crippen LogP contribution in [0.3, 0.4) is 0 Å². The normalized spacial score (nSPS) is 30.8. The number of benzene rings is 1. The summed E-state index contributed by atoms with van der Waals surface area (Å²) >= 11 is 0. The summed E-state index contributed by atoms with van der Waals surface area (Å²) in [7, 11) is 0. The summed E-state index contributed by atoms with van der Waals surface area (Å²) in [5.41, 5.74) is 0.803. The smallest absolute Gasteiger partial charge is 0.127 e. The number of hydrogen-bond donors (Lipinski definition) is 0. The molecule has 3 nitrogen and oxygen atoms in total. The van der Waals surface area contributed by atoms with Crippen molar-refractivity contribution in [1.29, 1.82) is 0 Å². The summed E-state index contributed by atoms with van der Waals surface area (Å²) in [6.45, 7) is 18.9. The van der Waals surface area contributed by atoms with Crippen LogP contribution in [0.4, 0.5) is 0 Å². The van der Waals surface area contributed by atoms with Crippen LogP contribution >= 0.6 is 0 Å². The fourth-order valence-corrected chi connectivity index (χ4v) is 6.46. The highest BCUT2D eigenvalue weighted by Crippen LogP contribution is 2.61. The SMILES string of the molecule is CC(C)Oc1cc(OCC2C(C)CCC3C(C)(C)CCCC23C)cc(OC(C)C)c1. The van der Waals surface area contributed by atoms with Crippen LogP contribution in [0, 0.1) is 28.6 Å². The Bertz CT molecular complexity index is 680. The average Bonchev–Trinajstić information content (AvgIpc) is 2.58. The summed E-state index contributed by atoms with van der Waals surface area (Å²) in [5, 5.41) is 0. The van der Waals surface area contributed by atoms with Crippen LogP contribution in [0.2, 0.25) is 0 Å². The summed E-state index contributed by atoms with van der Waals surface area (Å²) < 4.78 is 18.4. The van der Waals surface area contributed by atoms with Crippen LogP contribution in [0.15, 0.2) is 18.2 Å². The van der Waals surface area contributed by atoms with E-state index in [1.807, 2.05) is 45.9 Å². The lowest BCUT2D eigenvalue weighted by molar-refractivity contribution is -0.105. The molecule has 0 spiro atoms. The van der Waals surface area contributed by atoms with Gasteiger partial charge in [-0.25, -0.2) is 0 Å². The molecular formula is C27H44O3. The fourth-order valence-electron chi connectivity index (χ4n) is 6.46. The zero-order valence-electron chi connectivity index (χ0n) is 20.6. The lowest BCUT2D eigenvalue weighted by atomic mass is 9.47.